The van der Waals surface area contributed by atoms with E-state index in [9.17, 15) is 4.79 Å². The molecule has 1 heterocycles. The SMILES string of the molecule is COCCn1nc(C)c(CNC(=O)C(C)Oc2ccccc2)c1C. The van der Waals surface area contributed by atoms with Gasteiger partial charge in [-0.3, -0.25) is 9.48 Å². The van der Waals surface area contributed by atoms with E-state index in [0.717, 1.165) is 17.0 Å². The molecule has 0 aliphatic rings. The Morgan fingerprint density at radius 2 is 2.00 bits per heavy atom. The lowest BCUT2D eigenvalue weighted by atomic mass is 10.2. The number of amides is 1. The van der Waals surface area contributed by atoms with Gasteiger partial charge in [0.1, 0.15) is 5.75 Å². The van der Waals surface area contributed by atoms with E-state index in [0.29, 0.717) is 25.4 Å². The number of hydrogen-bond acceptors (Lipinski definition) is 4. The fraction of sp³-hybridized carbons (Fsp3) is 0.444. The highest BCUT2D eigenvalue weighted by Crippen LogP contribution is 2.14. The van der Waals surface area contributed by atoms with Crippen LogP contribution >= 0.6 is 0 Å². The predicted octanol–water partition coefficient (Wildman–Crippen LogP) is 2.23. The van der Waals surface area contributed by atoms with Gasteiger partial charge in [0.05, 0.1) is 18.8 Å². The van der Waals surface area contributed by atoms with Crippen molar-refractivity contribution in [3.8, 4) is 5.75 Å². The first-order chi connectivity index (χ1) is 11.5. The number of carbonyl (C=O) groups excluding carboxylic acids is 1. The van der Waals surface area contributed by atoms with Crippen molar-refractivity contribution in [3.63, 3.8) is 0 Å². The first kappa shape index (κ1) is 18.0. The van der Waals surface area contributed by atoms with Crippen molar-refractivity contribution in [2.45, 2.75) is 40.0 Å². The summed E-state index contributed by atoms with van der Waals surface area (Å²) in [6.07, 6.45) is -0.559. The third-order valence-electron chi connectivity index (χ3n) is 3.90. The number of carbonyl (C=O) groups is 1. The van der Waals surface area contributed by atoms with Gasteiger partial charge < -0.3 is 14.8 Å². The van der Waals surface area contributed by atoms with E-state index in [1.807, 2.05) is 48.9 Å². The van der Waals surface area contributed by atoms with Gasteiger partial charge in [0.2, 0.25) is 0 Å². The molecule has 6 nitrogen and oxygen atoms in total. The van der Waals surface area contributed by atoms with Gasteiger partial charge in [0, 0.05) is 24.9 Å². The van der Waals surface area contributed by atoms with Crippen molar-refractivity contribution in [1.29, 1.82) is 0 Å². The van der Waals surface area contributed by atoms with Crippen LogP contribution in [0.25, 0.3) is 0 Å². The highest BCUT2D eigenvalue weighted by molar-refractivity contribution is 5.80. The van der Waals surface area contributed by atoms with Gasteiger partial charge in [-0.15, -0.1) is 0 Å². The zero-order valence-electron chi connectivity index (χ0n) is 14.7. The van der Waals surface area contributed by atoms with Gasteiger partial charge in [0.25, 0.3) is 5.91 Å². The van der Waals surface area contributed by atoms with Crippen LogP contribution in [0.5, 0.6) is 5.75 Å². The molecule has 0 saturated heterocycles. The normalized spacial score (nSPS) is 12.0. The zero-order valence-corrected chi connectivity index (χ0v) is 14.7. The van der Waals surface area contributed by atoms with Gasteiger partial charge in [-0.25, -0.2) is 0 Å². The number of nitrogens with one attached hydrogen (secondary N) is 1. The summed E-state index contributed by atoms with van der Waals surface area (Å²) in [4.78, 5) is 12.2. The molecule has 0 bridgehead atoms. The summed E-state index contributed by atoms with van der Waals surface area (Å²) in [6.45, 7) is 7.43. The molecule has 0 radical (unpaired) electrons. The number of methoxy groups -OCH3 is 1. The van der Waals surface area contributed by atoms with Crippen molar-refractivity contribution in [2.24, 2.45) is 0 Å². The lowest BCUT2D eigenvalue weighted by molar-refractivity contribution is -0.127. The highest BCUT2D eigenvalue weighted by Gasteiger charge is 2.17. The fourth-order valence-corrected chi connectivity index (χ4v) is 2.46. The summed E-state index contributed by atoms with van der Waals surface area (Å²) >= 11 is 0. The molecule has 1 atom stereocenters. The van der Waals surface area contributed by atoms with E-state index in [1.54, 1.807) is 14.0 Å². The number of hydrogen-bond donors (Lipinski definition) is 1. The number of benzene rings is 1. The molecule has 0 aliphatic carbocycles. The molecule has 1 aromatic carbocycles. The van der Waals surface area contributed by atoms with Crippen LogP contribution in [0.15, 0.2) is 30.3 Å². The molecule has 1 unspecified atom stereocenters. The third kappa shape index (κ3) is 4.58. The first-order valence-corrected chi connectivity index (χ1v) is 8.04. The van der Waals surface area contributed by atoms with Crippen LogP contribution in [0.1, 0.15) is 23.9 Å². The van der Waals surface area contributed by atoms with Crippen LogP contribution in [-0.4, -0.2) is 35.5 Å². The summed E-state index contributed by atoms with van der Waals surface area (Å²) in [5.41, 5.74) is 2.99. The molecular formula is C18H25N3O3. The van der Waals surface area contributed by atoms with Crippen molar-refractivity contribution in [1.82, 2.24) is 15.1 Å². The molecule has 1 amide bonds. The molecule has 1 aromatic heterocycles. The number of para-hydroxylation sites is 1. The predicted molar refractivity (Wildman–Crippen MR) is 92.0 cm³/mol. The molecule has 24 heavy (non-hydrogen) atoms. The summed E-state index contributed by atoms with van der Waals surface area (Å²) in [6, 6.07) is 9.32. The fourth-order valence-electron chi connectivity index (χ4n) is 2.46. The molecule has 0 saturated carbocycles. The minimum absolute atomic E-state index is 0.151. The Morgan fingerprint density at radius 1 is 1.29 bits per heavy atom. The number of aryl methyl sites for hydroxylation is 1. The second kappa shape index (κ2) is 8.49. The number of rotatable bonds is 8. The third-order valence-corrected chi connectivity index (χ3v) is 3.90. The Bertz CT molecular complexity index is 668. The molecule has 0 spiro atoms. The van der Waals surface area contributed by atoms with Crippen molar-refractivity contribution >= 4 is 5.91 Å². The van der Waals surface area contributed by atoms with E-state index >= 15 is 0 Å². The van der Waals surface area contributed by atoms with Crippen LogP contribution in [-0.2, 0) is 22.6 Å². The second-order valence-electron chi connectivity index (χ2n) is 5.66. The zero-order chi connectivity index (χ0) is 17.5. The monoisotopic (exact) mass is 331 g/mol. The van der Waals surface area contributed by atoms with Gasteiger partial charge in [-0.2, -0.15) is 5.10 Å². The number of nitrogens with zero attached hydrogens (tertiary/aromatic N) is 2. The van der Waals surface area contributed by atoms with Gasteiger partial charge >= 0.3 is 0 Å². The Morgan fingerprint density at radius 3 is 2.67 bits per heavy atom. The van der Waals surface area contributed by atoms with Crippen LogP contribution in [0.4, 0.5) is 0 Å². The van der Waals surface area contributed by atoms with Crippen LogP contribution < -0.4 is 10.1 Å². The molecule has 1 N–H and O–H groups in total. The molecule has 0 aliphatic heterocycles. The minimum Gasteiger partial charge on any atom is -0.481 e. The lowest BCUT2D eigenvalue weighted by Gasteiger charge is -2.14. The quantitative estimate of drug-likeness (QED) is 0.805. The average molecular weight is 331 g/mol. The van der Waals surface area contributed by atoms with Gasteiger partial charge in [-0.1, -0.05) is 18.2 Å². The van der Waals surface area contributed by atoms with Crippen molar-refractivity contribution in [2.75, 3.05) is 13.7 Å². The second-order valence-corrected chi connectivity index (χ2v) is 5.66. The number of aromatic nitrogens is 2. The maximum Gasteiger partial charge on any atom is 0.261 e. The van der Waals surface area contributed by atoms with Crippen molar-refractivity contribution in [3.05, 3.63) is 47.3 Å². The van der Waals surface area contributed by atoms with Crippen LogP contribution in [0.2, 0.25) is 0 Å². The van der Waals surface area contributed by atoms with E-state index < -0.39 is 6.10 Å². The maximum absolute atomic E-state index is 12.2. The topological polar surface area (TPSA) is 65.4 Å². The largest absolute Gasteiger partial charge is 0.481 e. The Labute approximate surface area is 142 Å². The molecule has 6 heteroatoms. The van der Waals surface area contributed by atoms with Crippen LogP contribution in [0.3, 0.4) is 0 Å². The summed E-state index contributed by atoms with van der Waals surface area (Å²) in [7, 11) is 1.67. The minimum atomic E-state index is -0.559. The lowest BCUT2D eigenvalue weighted by Crippen LogP contribution is -2.36. The molecule has 2 rings (SSSR count). The first-order valence-electron chi connectivity index (χ1n) is 8.04. The van der Waals surface area contributed by atoms with E-state index in [4.69, 9.17) is 9.47 Å². The smallest absolute Gasteiger partial charge is 0.261 e. The molecule has 2 aromatic rings. The maximum atomic E-state index is 12.2. The Balaban J connectivity index is 1.92. The van der Waals surface area contributed by atoms with Crippen LogP contribution in [0, 0.1) is 13.8 Å². The molecule has 0 fully saturated rings. The standard InChI is InChI=1S/C18H25N3O3/c1-13-17(14(2)21(20-13)10-11-23-4)12-19-18(22)15(3)24-16-8-6-5-7-9-16/h5-9,15H,10-12H2,1-4H3,(H,19,22). The summed E-state index contributed by atoms with van der Waals surface area (Å²) < 4.78 is 12.6. The van der Waals surface area contributed by atoms with Gasteiger partial charge in [0.15, 0.2) is 6.10 Å². The van der Waals surface area contributed by atoms with E-state index in [-0.39, 0.29) is 5.91 Å². The highest BCUT2D eigenvalue weighted by atomic mass is 16.5. The average Bonchev–Trinajstić information content (AvgIpc) is 2.85. The Kier molecular flexibility index (Phi) is 6.37. The summed E-state index contributed by atoms with van der Waals surface area (Å²) in [5, 5.41) is 7.41. The molecular weight excluding hydrogens is 306 g/mol. The number of ether oxygens (including phenoxy) is 2. The summed E-state index contributed by atoms with van der Waals surface area (Å²) in [5.74, 6) is 0.530. The van der Waals surface area contributed by atoms with E-state index in [1.165, 1.54) is 0 Å². The van der Waals surface area contributed by atoms with Crippen molar-refractivity contribution < 1.29 is 14.3 Å². The van der Waals surface area contributed by atoms with Gasteiger partial charge in [-0.05, 0) is 32.9 Å². The Hall–Kier alpha value is -2.34. The van der Waals surface area contributed by atoms with E-state index in [2.05, 4.69) is 10.4 Å². The molecule has 130 valence electrons.